The summed E-state index contributed by atoms with van der Waals surface area (Å²) in [7, 11) is 0. The molecule has 2 rings (SSSR count). The van der Waals surface area contributed by atoms with Crippen LogP contribution in [-0.4, -0.2) is 29.6 Å². The summed E-state index contributed by atoms with van der Waals surface area (Å²) < 4.78 is 5.46. The molecule has 1 fully saturated rings. The quantitative estimate of drug-likeness (QED) is 0.844. The number of amides is 1. The highest BCUT2D eigenvalue weighted by molar-refractivity contribution is 5.94. The van der Waals surface area contributed by atoms with Gasteiger partial charge in [-0.25, -0.2) is 0 Å². The van der Waals surface area contributed by atoms with Crippen LogP contribution in [0.25, 0.3) is 0 Å². The summed E-state index contributed by atoms with van der Waals surface area (Å²) >= 11 is 0. The third-order valence-corrected chi connectivity index (χ3v) is 3.74. The summed E-state index contributed by atoms with van der Waals surface area (Å²) in [6, 6.07) is 6.64. The molecule has 114 valence electrons. The van der Waals surface area contributed by atoms with Gasteiger partial charge in [-0.15, -0.1) is 0 Å². The van der Waals surface area contributed by atoms with Crippen molar-refractivity contribution in [1.29, 1.82) is 0 Å². The maximum Gasteiger partial charge on any atom is 0.308 e. The lowest BCUT2D eigenvalue weighted by molar-refractivity contribution is -0.142. The van der Waals surface area contributed by atoms with E-state index in [1.807, 2.05) is 6.92 Å². The molecule has 0 bridgehead atoms. The van der Waals surface area contributed by atoms with Gasteiger partial charge in [-0.2, -0.15) is 0 Å². The lowest BCUT2D eigenvalue weighted by Crippen LogP contribution is -2.40. The molecule has 2 atom stereocenters. The monoisotopic (exact) mass is 291 g/mol. The number of aliphatic carboxylic acids is 1. The Hall–Kier alpha value is -2.04. The van der Waals surface area contributed by atoms with Crippen molar-refractivity contribution in [3.8, 4) is 5.75 Å². The van der Waals surface area contributed by atoms with Crippen LogP contribution in [-0.2, 0) is 4.79 Å². The van der Waals surface area contributed by atoms with Crippen molar-refractivity contribution in [2.24, 2.45) is 5.92 Å². The number of hydrogen-bond donors (Lipinski definition) is 2. The van der Waals surface area contributed by atoms with Gasteiger partial charge in [-0.3, -0.25) is 9.59 Å². The molecule has 1 aliphatic carbocycles. The average molecular weight is 291 g/mol. The molecule has 1 aromatic rings. The lowest BCUT2D eigenvalue weighted by atomic mass is 10.0. The van der Waals surface area contributed by atoms with Gasteiger partial charge in [0.1, 0.15) is 5.75 Å². The Morgan fingerprint density at radius 1 is 1.29 bits per heavy atom. The molecule has 0 spiro atoms. The Bertz CT molecular complexity index is 498. The largest absolute Gasteiger partial charge is 0.494 e. The minimum absolute atomic E-state index is 0.227. The Balaban J connectivity index is 1.95. The van der Waals surface area contributed by atoms with Crippen LogP contribution in [0.5, 0.6) is 5.75 Å². The third-order valence-electron chi connectivity index (χ3n) is 3.74. The first-order chi connectivity index (χ1) is 10.1. The van der Waals surface area contributed by atoms with E-state index in [9.17, 15) is 9.59 Å². The Kier molecular flexibility index (Phi) is 5.20. The number of rotatable bonds is 6. The lowest BCUT2D eigenvalue weighted by Gasteiger charge is -2.17. The molecular formula is C16H21NO4. The zero-order valence-corrected chi connectivity index (χ0v) is 12.2. The number of carboxylic acids is 1. The van der Waals surface area contributed by atoms with Gasteiger partial charge in [-0.1, -0.05) is 13.3 Å². The van der Waals surface area contributed by atoms with Crippen LogP contribution < -0.4 is 10.1 Å². The fourth-order valence-electron chi connectivity index (χ4n) is 2.60. The van der Waals surface area contributed by atoms with Crippen molar-refractivity contribution in [2.75, 3.05) is 6.61 Å². The van der Waals surface area contributed by atoms with Crippen LogP contribution in [0, 0.1) is 5.92 Å². The number of carbonyl (C=O) groups is 2. The minimum Gasteiger partial charge on any atom is -0.494 e. The predicted molar refractivity (Wildman–Crippen MR) is 78.5 cm³/mol. The molecule has 0 aromatic heterocycles. The van der Waals surface area contributed by atoms with Crippen LogP contribution in [0.2, 0.25) is 0 Å². The zero-order chi connectivity index (χ0) is 15.2. The average Bonchev–Trinajstić information content (AvgIpc) is 2.94. The van der Waals surface area contributed by atoms with Gasteiger partial charge in [0.25, 0.3) is 5.91 Å². The van der Waals surface area contributed by atoms with E-state index in [0.717, 1.165) is 25.0 Å². The maximum atomic E-state index is 12.1. The third kappa shape index (κ3) is 3.97. The second-order valence-electron chi connectivity index (χ2n) is 5.33. The highest BCUT2D eigenvalue weighted by atomic mass is 16.5. The Morgan fingerprint density at radius 2 is 2.00 bits per heavy atom. The SMILES string of the molecule is CCCOc1ccc(C(=O)NC2CCCC2C(=O)O)cc1. The first-order valence-electron chi connectivity index (χ1n) is 7.38. The molecule has 5 heteroatoms. The molecule has 1 aromatic carbocycles. The van der Waals surface area contributed by atoms with Gasteiger partial charge < -0.3 is 15.2 Å². The number of benzene rings is 1. The highest BCUT2D eigenvalue weighted by Gasteiger charge is 2.33. The second-order valence-corrected chi connectivity index (χ2v) is 5.33. The van der Waals surface area contributed by atoms with Gasteiger partial charge in [-0.05, 0) is 43.5 Å². The minimum atomic E-state index is -0.832. The summed E-state index contributed by atoms with van der Waals surface area (Å²) in [6.45, 7) is 2.68. The summed E-state index contributed by atoms with van der Waals surface area (Å²) in [4.78, 5) is 23.3. The van der Waals surface area contributed by atoms with Crippen LogP contribution in [0.1, 0.15) is 43.0 Å². The van der Waals surface area contributed by atoms with Gasteiger partial charge in [0.05, 0.1) is 12.5 Å². The second kappa shape index (κ2) is 7.11. The van der Waals surface area contributed by atoms with Gasteiger partial charge in [0, 0.05) is 11.6 Å². The predicted octanol–water partition coefficient (Wildman–Crippen LogP) is 2.46. The van der Waals surface area contributed by atoms with Crippen molar-refractivity contribution in [2.45, 2.75) is 38.6 Å². The van der Waals surface area contributed by atoms with E-state index in [-0.39, 0.29) is 11.9 Å². The fourth-order valence-corrected chi connectivity index (χ4v) is 2.60. The standard InChI is InChI=1S/C16H21NO4/c1-2-10-21-12-8-6-11(7-9-12)15(18)17-14-5-3-4-13(14)16(19)20/h6-9,13-14H,2-5,10H2,1H3,(H,17,18)(H,19,20). The van der Waals surface area contributed by atoms with Crippen molar-refractivity contribution in [3.05, 3.63) is 29.8 Å². The molecule has 2 unspecified atom stereocenters. The van der Waals surface area contributed by atoms with Crippen molar-refractivity contribution in [3.63, 3.8) is 0 Å². The highest BCUT2D eigenvalue weighted by Crippen LogP contribution is 2.26. The van der Waals surface area contributed by atoms with Crippen molar-refractivity contribution in [1.82, 2.24) is 5.32 Å². The smallest absolute Gasteiger partial charge is 0.308 e. The summed E-state index contributed by atoms with van der Waals surface area (Å²) in [5.74, 6) is -0.796. The first kappa shape index (κ1) is 15.4. The van der Waals surface area contributed by atoms with Crippen molar-refractivity contribution >= 4 is 11.9 Å². The van der Waals surface area contributed by atoms with Crippen LogP contribution in [0.4, 0.5) is 0 Å². The topological polar surface area (TPSA) is 75.6 Å². The van der Waals surface area contributed by atoms with Crippen molar-refractivity contribution < 1.29 is 19.4 Å². The molecule has 0 heterocycles. The van der Waals surface area contributed by atoms with E-state index in [4.69, 9.17) is 9.84 Å². The van der Waals surface area contributed by atoms with E-state index in [2.05, 4.69) is 5.32 Å². The van der Waals surface area contributed by atoms with E-state index in [0.29, 0.717) is 18.6 Å². The number of hydrogen-bond acceptors (Lipinski definition) is 3. The van der Waals surface area contributed by atoms with Crippen LogP contribution in [0.3, 0.4) is 0 Å². The van der Waals surface area contributed by atoms with E-state index in [1.165, 1.54) is 0 Å². The molecule has 2 N–H and O–H groups in total. The van der Waals surface area contributed by atoms with Gasteiger partial charge in [0.15, 0.2) is 0 Å². The van der Waals surface area contributed by atoms with Crippen LogP contribution >= 0.6 is 0 Å². The molecule has 0 aliphatic heterocycles. The fraction of sp³-hybridized carbons (Fsp3) is 0.500. The molecule has 1 aliphatic rings. The Morgan fingerprint density at radius 3 is 2.62 bits per heavy atom. The van der Waals surface area contributed by atoms with E-state index in [1.54, 1.807) is 24.3 Å². The van der Waals surface area contributed by atoms with Gasteiger partial charge >= 0.3 is 5.97 Å². The summed E-state index contributed by atoms with van der Waals surface area (Å²) in [5.41, 5.74) is 0.523. The maximum absolute atomic E-state index is 12.1. The summed E-state index contributed by atoms with van der Waals surface area (Å²) in [5, 5.41) is 11.9. The Labute approximate surface area is 124 Å². The number of nitrogens with one attached hydrogen (secondary N) is 1. The molecule has 0 radical (unpaired) electrons. The van der Waals surface area contributed by atoms with E-state index >= 15 is 0 Å². The molecule has 1 amide bonds. The number of ether oxygens (including phenoxy) is 1. The van der Waals surface area contributed by atoms with E-state index < -0.39 is 11.9 Å². The van der Waals surface area contributed by atoms with Crippen LogP contribution in [0.15, 0.2) is 24.3 Å². The van der Waals surface area contributed by atoms with Gasteiger partial charge in [0.2, 0.25) is 0 Å². The summed E-state index contributed by atoms with van der Waals surface area (Å²) in [6.07, 6.45) is 3.12. The number of carbonyl (C=O) groups excluding carboxylic acids is 1. The molecule has 5 nitrogen and oxygen atoms in total. The number of carboxylic acid groups (broad SMARTS) is 1. The normalized spacial score (nSPS) is 21.0. The zero-order valence-electron chi connectivity index (χ0n) is 12.2. The molecule has 21 heavy (non-hydrogen) atoms. The molecule has 0 saturated heterocycles. The molecular weight excluding hydrogens is 270 g/mol. The molecule has 1 saturated carbocycles. The first-order valence-corrected chi connectivity index (χ1v) is 7.38.